The van der Waals surface area contributed by atoms with Gasteiger partial charge >= 0.3 is 12.8 Å². The van der Waals surface area contributed by atoms with Gasteiger partial charge in [0, 0.05) is 11.5 Å². The van der Waals surface area contributed by atoms with E-state index in [9.17, 15) is 22.0 Å². The van der Waals surface area contributed by atoms with Gasteiger partial charge in [-0.2, -0.15) is 22.0 Å². The first kappa shape index (κ1) is 17.1. The second kappa shape index (κ2) is 6.27. The van der Waals surface area contributed by atoms with Gasteiger partial charge in [0.05, 0.1) is 11.8 Å². The monoisotopic (exact) mass is 358 g/mol. The number of alkyl halides is 5. The maximum absolute atomic E-state index is 12.7. The molecule has 3 nitrogen and oxygen atoms in total. The average Bonchev–Trinajstić information content (AvgIpc) is 2.88. The van der Waals surface area contributed by atoms with Crippen molar-refractivity contribution >= 4 is 11.0 Å². The highest BCUT2D eigenvalue weighted by molar-refractivity contribution is 5.82. The first-order valence-corrected chi connectivity index (χ1v) is 7.06. The molecule has 0 saturated carbocycles. The highest BCUT2D eigenvalue weighted by Crippen LogP contribution is 2.39. The van der Waals surface area contributed by atoms with Gasteiger partial charge in [-0.05, 0) is 42.8 Å². The summed E-state index contributed by atoms with van der Waals surface area (Å²) < 4.78 is 78.1. The molecule has 2 aromatic carbocycles. The summed E-state index contributed by atoms with van der Waals surface area (Å²) >= 11 is 0. The zero-order valence-electron chi connectivity index (χ0n) is 12.7. The Morgan fingerprint density at radius 3 is 2.44 bits per heavy atom. The molecule has 0 aliphatic rings. The van der Waals surface area contributed by atoms with E-state index in [-0.39, 0.29) is 11.5 Å². The van der Waals surface area contributed by atoms with Gasteiger partial charge in [0.2, 0.25) is 0 Å². The summed E-state index contributed by atoms with van der Waals surface area (Å²) in [5.41, 5.74) is 0.281. The van der Waals surface area contributed by atoms with Gasteiger partial charge < -0.3 is 13.9 Å². The van der Waals surface area contributed by atoms with Gasteiger partial charge in [0.25, 0.3) is 0 Å². The van der Waals surface area contributed by atoms with Crippen molar-refractivity contribution in [1.82, 2.24) is 0 Å². The number of rotatable bonds is 4. The molecule has 1 heterocycles. The van der Waals surface area contributed by atoms with Crippen LogP contribution < -0.4 is 9.47 Å². The molecule has 0 N–H and O–H groups in total. The normalized spacial score (nSPS) is 12.0. The van der Waals surface area contributed by atoms with Gasteiger partial charge in [-0.3, -0.25) is 0 Å². The maximum atomic E-state index is 12.7. The molecule has 0 fully saturated rings. The van der Waals surface area contributed by atoms with Crippen LogP contribution in [0.25, 0.3) is 11.0 Å². The zero-order chi connectivity index (χ0) is 18.2. The molecule has 0 atom stereocenters. The van der Waals surface area contributed by atoms with Crippen molar-refractivity contribution in [3.8, 4) is 17.2 Å². The van der Waals surface area contributed by atoms with Crippen LogP contribution in [0, 0.1) is 6.92 Å². The summed E-state index contributed by atoms with van der Waals surface area (Å²) in [4.78, 5) is 0. The minimum absolute atomic E-state index is 0.209. The molecule has 0 amide bonds. The molecule has 0 unspecified atom stereocenters. The number of hydrogen-bond acceptors (Lipinski definition) is 3. The van der Waals surface area contributed by atoms with Gasteiger partial charge in [-0.15, -0.1) is 0 Å². The molecule has 0 aliphatic heterocycles. The number of halogens is 5. The summed E-state index contributed by atoms with van der Waals surface area (Å²) in [6.45, 7) is -1.45. The Balaban J connectivity index is 1.96. The first-order valence-electron chi connectivity index (χ1n) is 7.06. The maximum Gasteiger partial charge on any atom is 0.416 e. The Labute approximate surface area is 138 Å². The zero-order valence-corrected chi connectivity index (χ0v) is 12.7. The second-order valence-electron chi connectivity index (χ2n) is 5.22. The smallest absolute Gasteiger partial charge is 0.416 e. The first-order chi connectivity index (χ1) is 11.7. The van der Waals surface area contributed by atoms with Gasteiger partial charge in [0.15, 0.2) is 11.5 Å². The molecule has 0 radical (unpaired) electrons. The molecular formula is C17H11F5O3. The Bertz CT molecular complexity index is 899. The fourth-order valence-corrected chi connectivity index (χ4v) is 2.29. The lowest BCUT2D eigenvalue weighted by atomic mass is 10.2. The van der Waals surface area contributed by atoms with Crippen molar-refractivity contribution in [1.29, 1.82) is 0 Å². The Kier molecular flexibility index (Phi) is 4.28. The number of hydrogen-bond donors (Lipinski definition) is 0. The summed E-state index contributed by atoms with van der Waals surface area (Å²) in [6.07, 6.45) is -3.15. The number of ether oxygens (including phenoxy) is 2. The lowest BCUT2D eigenvalue weighted by Gasteiger charge is -2.14. The fraction of sp³-hybridized carbons (Fsp3) is 0.176. The van der Waals surface area contributed by atoms with E-state index in [0.29, 0.717) is 11.6 Å². The minimum Gasteiger partial charge on any atom is -0.464 e. The molecule has 3 rings (SSSR count). The second-order valence-corrected chi connectivity index (χ2v) is 5.22. The van der Waals surface area contributed by atoms with Crippen LogP contribution in [-0.4, -0.2) is 6.61 Å². The number of fused-ring (bicyclic) bond motifs is 1. The lowest BCUT2D eigenvalue weighted by Crippen LogP contribution is -2.08. The highest BCUT2D eigenvalue weighted by Gasteiger charge is 2.32. The third-order valence-corrected chi connectivity index (χ3v) is 3.46. The predicted molar refractivity (Wildman–Crippen MR) is 79.1 cm³/mol. The topological polar surface area (TPSA) is 31.6 Å². The summed E-state index contributed by atoms with van der Waals surface area (Å²) in [6, 6.07) is 6.88. The predicted octanol–water partition coefficient (Wildman–Crippen LogP) is 6.15. The number of benzene rings is 2. The van der Waals surface area contributed by atoms with E-state index >= 15 is 0 Å². The third-order valence-electron chi connectivity index (χ3n) is 3.46. The van der Waals surface area contributed by atoms with Crippen molar-refractivity contribution in [2.45, 2.75) is 19.7 Å². The Morgan fingerprint density at radius 2 is 1.76 bits per heavy atom. The molecular weight excluding hydrogens is 347 g/mol. The van der Waals surface area contributed by atoms with Gasteiger partial charge in [-0.1, -0.05) is 0 Å². The summed E-state index contributed by atoms with van der Waals surface area (Å²) in [7, 11) is 0. The number of furan rings is 1. The van der Waals surface area contributed by atoms with E-state index in [1.165, 1.54) is 12.3 Å². The van der Waals surface area contributed by atoms with Crippen LogP contribution in [0.2, 0.25) is 0 Å². The molecule has 3 aromatic rings. The minimum atomic E-state index is -4.69. The SMILES string of the molecule is Cc1coc2cc(Oc3ccc(C(F)(F)F)cc3OC(F)F)ccc12. The van der Waals surface area contributed by atoms with Gasteiger partial charge in [0.1, 0.15) is 11.3 Å². The Morgan fingerprint density at radius 1 is 1.00 bits per heavy atom. The standard InChI is InChI=1S/C17H11F5O3/c1-9-8-23-14-7-11(3-4-12(9)14)24-13-5-2-10(17(20,21)22)6-15(13)25-16(18)19/h2-8,16H,1H3. The van der Waals surface area contributed by atoms with Crippen molar-refractivity contribution in [2.75, 3.05) is 0 Å². The van der Waals surface area contributed by atoms with E-state index in [4.69, 9.17) is 9.15 Å². The Hall–Kier alpha value is -2.77. The van der Waals surface area contributed by atoms with Crippen LogP contribution in [0.3, 0.4) is 0 Å². The van der Waals surface area contributed by atoms with Crippen LogP contribution in [0.4, 0.5) is 22.0 Å². The van der Waals surface area contributed by atoms with E-state index in [2.05, 4.69) is 4.74 Å². The molecule has 0 aliphatic carbocycles. The number of aryl methyl sites for hydroxylation is 1. The molecule has 0 bridgehead atoms. The molecule has 132 valence electrons. The third kappa shape index (κ3) is 3.67. The van der Waals surface area contributed by atoms with Crippen LogP contribution in [0.15, 0.2) is 47.1 Å². The van der Waals surface area contributed by atoms with Crippen LogP contribution >= 0.6 is 0 Å². The largest absolute Gasteiger partial charge is 0.464 e. The molecule has 8 heteroatoms. The summed E-state index contributed by atoms with van der Waals surface area (Å²) in [5, 5.41) is 0.837. The van der Waals surface area contributed by atoms with Crippen molar-refractivity contribution in [3.63, 3.8) is 0 Å². The average molecular weight is 358 g/mol. The molecule has 1 aromatic heterocycles. The lowest BCUT2D eigenvalue weighted by molar-refractivity contribution is -0.138. The van der Waals surface area contributed by atoms with E-state index < -0.39 is 24.1 Å². The highest BCUT2D eigenvalue weighted by atomic mass is 19.4. The molecule has 25 heavy (non-hydrogen) atoms. The summed E-state index contributed by atoms with van der Waals surface area (Å²) in [5.74, 6) is -0.766. The van der Waals surface area contributed by atoms with Crippen molar-refractivity contribution in [2.24, 2.45) is 0 Å². The molecule has 0 saturated heterocycles. The van der Waals surface area contributed by atoms with E-state index in [1.54, 1.807) is 12.1 Å². The fourth-order valence-electron chi connectivity index (χ4n) is 2.29. The van der Waals surface area contributed by atoms with Crippen LogP contribution in [0.5, 0.6) is 17.2 Å². The van der Waals surface area contributed by atoms with E-state index in [1.807, 2.05) is 6.92 Å². The van der Waals surface area contributed by atoms with Crippen molar-refractivity contribution < 1.29 is 35.8 Å². The molecule has 0 spiro atoms. The van der Waals surface area contributed by atoms with Crippen LogP contribution in [-0.2, 0) is 6.18 Å². The van der Waals surface area contributed by atoms with Crippen LogP contribution in [0.1, 0.15) is 11.1 Å². The quantitative estimate of drug-likeness (QED) is 0.524. The van der Waals surface area contributed by atoms with Crippen molar-refractivity contribution in [3.05, 3.63) is 53.8 Å². The van der Waals surface area contributed by atoms with Gasteiger partial charge in [-0.25, -0.2) is 0 Å². The van der Waals surface area contributed by atoms with E-state index in [0.717, 1.165) is 23.1 Å².